The molecule has 0 saturated carbocycles. The Morgan fingerprint density at radius 3 is 2.00 bits per heavy atom. The Hall–Kier alpha value is -4.28. The monoisotopic (exact) mass is 463 g/mol. The van der Waals surface area contributed by atoms with E-state index in [1.807, 2.05) is 78.6 Å². The molecule has 1 atom stereocenters. The fraction of sp³-hybridized carbons (Fsp3) is 0.214. The highest BCUT2D eigenvalue weighted by atomic mass is 16.4. The Bertz CT molecular complexity index is 1330. The van der Waals surface area contributed by atoms with Crippen molar-refractivity contribution in [2.24, 2.45) is 0 Å². The van der Waals surface area contributed by atoms with Crippen molar-refractivity contribution in [2.45, 2.75) is 13.0 Å². The summed E-state index contributed by atoms with van der Waals surface area (Å²) < 4.78 is 5.84. The minimum absolute atomic E-state index is 0.0182. The molecule has 7 heteroatoms. The summed E-state index contributed by atoms with van der Waals surface area (Å²) in [6.07, 6.45) is 0. The van der Waals surface area contributed by atoms with Crippen molar-refractivity contribution in [3.8, 4) is 29.0 Å². The lowest BCUT2D eigenvalue weighted by Gasteiger charge is -2.37. The molecule has 1 saturated heterocycles. The Balaban J connectivity index is 1.22. The maximum Gasteiger partial charge on any atom is 0.253 e. The number of carbonyl (C=O) groups excluding carboxylic acids is 1. The second-order valence-corrected chi connectivity index (χ2v) is 8.63. The van der Waals surface area contributed by atoms with Crippen molar-refractivity contribution in [2.75, 3.05) is 26.2 Å². The van der Waals surface area contributed by atoms with E-state index < -0.39 is 0 Å². The third-order valence-electron chi connectivity index (χ3n) is 6.31. The lowest BCUT2D eigenvalue weighted by atomic mass is 10.1. The van der Waals surface area contributed by atoms with Crippen LogP contribution in [0.25, 0.3) is 22.9 Å². The van der Waals surface area contributed by atoms with Gasteiger partial charge in [0.05, 0.1) is 6.07 Å². The van der Waals surface area contributed by atoms with Gasteiger partial charge in [0.2, 0.25) is 11.8 Å². The summed E-state index contributed by atoms with van der Waals surface area (Å²) in [4.78, 5) is 17.0. The van der Waals surface area contributed by atoms with Crippen LogP contribution in [0.2, 0.25) is 0 Å². The highest BCUT2D eigenvalue weighted by Crippen LogP contribution is 2.25. The van der Waals surface area contributed by atoms with Crippen LogP contribution >= 0.6 is 0 Å². The summed E-state index contributed by atoms with van der Waals surface area (Å²) in [7, 11) is 0. The number of carbonyl (C=O) groups is 1. The average Bonchev–Trinajstić information content (AvgIpc) is 3.41. The van der Waals surface area contributed by atoms with Crippen LogP contribution in [0.5, 0.6) is 0 Å². The van der Waals surface area contributed by atoms with Gasteiger partial charge in [0.15, 0.2) is 0 Å². The summed E-state index contributed by atoms with van der Waals surface area (Å²) in [5.74, 6) is 0.858. The molecule has 7 nitrogen and oxygen atoms in total. The lowest BCUT2D eigenvalue weighted by Crippen LogP contribution is -2.49. The SMILES string of the molecule is Cc1ccc(-c2nnc(-c3ccc(C(=O)N4CCN(C(C#N)c5ccccc5)CC4)cc3)o2)cc1. The van der Waals surface area contributed by atoms with E-state index in [2.05, 4.69) is 21.2 Å². The molecule has 5 rings (SSSR count). The van der Waals surface area contributed by atoms with Gasteiger partial charge in [-0.1, -0.05) is 48.0 Å². The molecular formula is C28H25N5O2. The largest absolute Gasteiger partial charge is 0.416 e. The molecule has 35 heavy (non-hydrogen) atoms. The van der Waals surface area contributed by atoms with E-state index in [4.69, 9.17) is 4.42 Å². The molecule has 1 unspecified atom stereocenters. The van der Waals surface area contributed by atoms with Crippen molar-refractivity contribution >= 4 is 5.91 Å². The molecule has 1 aliphatic rings. The number of rotatable bonds is 5. The Morgan fingerprint density at radius 1 is 0.857 bits per heavy atom. The van der Waals surface area contributed by atoms with Crippen LogP contribution in [0.4, 0.5) is 0 Å². The summed E-state index contributed by atoms with van der Waals surface area (Å²) >= 11 is 0. The van der Waals surface area contributed by atoms with E-state index in [0.29, 0.717) is 43.5 Å². The zero-order chi connectivity index (χ0) is 24.2. The van der Waals surface area contributed by atoms with Gasteiger partial charge in [-0.05, 0) is 48.9 Å². The molecular weight excluding hydrogens is 438 g/mol. The number of nitrogens with zero attached hydrogens (tertiary/aromatic N) is 5. The first-order chi connectivity index (χ1) is 17.1. The second kappa shape index (κ2) is 9.92. The Morgan fingerprint density at radius 2 is 1.43 bits per heavy atom. The highest BCUT2D eigenvalue weighted by molar-refractivity contribution is 5.94. The Labute approximate surface area is 204 Å². The van der Waals surface area contributed by atoms with Gasteiger partial charge >= 0.3 is 0 Å². The maximum absolute atomic E-state index is 13.1. The molecule has 3 aromatic carbocycles. The molecule has 1 amide bonds. The fourth-order valence-corrected chi connectivity index (χ4v) is 4.28. The van der Waals surface area contributed by atoms with Crippen molar-refractivity contribution in [1.29, 1.82) is 5.26 Å². The predicted molar refractivity (Wildman–Crippen MR) is 132 cm³/mol. The van der Waals surface area contributed by atoms with Gasteiger partial charge < -0.3 is 9.32 Å². The summed E-state index contributed by atoms with van der Waals surface area (Å²) in [6, 6.07) is 27.0. The van der Waals surface area contributed by atoms with Crippen LogP contribution in [0, 0.1) is 18.3 Å². The maximum atomic E-state index is 13.1. The zero-order valence-electron chi connectivity index (χ0n) is 19.5. The number of benzene rings is 3. The van der Waals surface area contributed by atoms with Gasteiger partial charge in [-0.15, -0.1) is 10.2 Å². The molecule has 1 fully saturated rings. The van der Waals surface area contributed by atoms with E-state index >= 15 is 0 Å². The zero-order valence-corrected chi connectivity index (χ0v) is 19.5. The number of aromatic nitrogens is 2. The van der Waals surface area contributed by atoms with Crippen LogP contribution in [-0.2, 0) is 0 Å². The van der Waals surface area contributed by atoms with E-state index in [0.717, 1.165) is 22.3 Å². The molecule has 0 bridgehead atoms. The molecule has 0 N–H and O–H groups in total. The van der Waals surface area contributed by atoms with E-state index in [-0.39, 0.29) is 11.9 Å². The van der Waals surface area contributed by atoms with E-state index in [1.165, 1.54) is 0 Å². The molecule has 1 aliphatic heterocycles. The van der Waals surface area contributed by atoms with E-state index in [9.17, 15) is 10.1 Å². The number of nitriles is 1. The molecule has 1 aromatic heterocycles. The van der Waals surface area contributed by atoms with E-state index in [1.54, 1.807) is 12.1 Å². The van der Waals surface area contributed by atoms with Crippen LogP contribution < -0.4 is 0 Å². The van der Waals surface area contributed by atoms with Crippen LogP contribution in [0.3, 0.4) is 0 Å². The standard InChI is InChI=1S/C28H25N5O2/c1-20-7-9-22(10-8-20)26-30-31-27(35-26)23-11-13-24(14-12-23)28(34)33-17-15-32(16-18-33)25(19-29)21-5-3-2-4-6-21/h2-14,25H,15-18H2,1H3. The quantitative estimate of drug-likeness (QED) is 0.425. The van der Waals surface area contributed by atoms with Crippen LogP contribution in [-0.4, -0.2) is 52.1 Å². The average molecular weight is 464 g/mol. The Kier molecular flexibility index (Phi) is 6.38. The minimum atomic E-state index is -0.299. The van der Waals surface area contributed by atoms with Gasteiger partial charge in [0.25, 0.3) is 5.91 Å². The molecule has 4 aromatic rings. The first kappa shape index (κ1) is 22.5. The van der Waals surface area contributed by atoms with Crippen molar-refractivity contribution in [1.82, 2.24) is 20.0 Å². The molecule has 0 radical (unpaired) electrons. The summed E-state index contributed by atoms with van der Waals surface area (Å²) in [5.41, 5.74) is 4.39. The van der Waals surface area contributed by atoms with Gasteiger partial charge in [-0.25, -0.2) is 0 Å². The minimum Gasteiger partial charge on any atom is -0.416 e. The van der Waals surface area contributed by atoms with Gasteiger partial charge in [-0.2, -0.15) is 5.26 Å². The predicted octanol–water partition coefficient (Wildman–Crippen LogP) is 4.73. The van der Waals surface area contributed by atoms with Crippen molar-refractivity contribution in [3.63, 3.8) is 0 Å². The topological polar surface area (TPSA) is 86.3 Å². The highest BCUT2D eigenvalue weighted by Gasteiger charge is 2.27. The van der Waals surface area contributed by atoms with Crippen molar-refractivity contribution < 1.29 is 9.21 Å². The summed E-state index contributed by atoms with van der Waals surface area (Å²) in [6.45, 7) is 4.49. The fourth-order valence-electron chi connectivity index (χ4n) is 4.28. The summed E-state index contributed by atoms with van der Waals surface area (Å²) in [5, 5.41) is 18.0. The number of hydrogen-bond acceptors (Lipinski definition) is 6. The number of hydrogen-bond donors (Lipinski definition) is 0. The first-order valence-corrected chi connectivity index (χ1v) is 11.6. The normalized spacial score (nSPS) is 14.9. The lowest BCUT2D eigenvalue weighted by molar-refractivity contribution is 0.0606. The second-order valence-electron chi connectivity index (χ2n) is 8.63. The third kappa shape index (κ3) is 4.84. The number of piperazine rings is 1. The number of aryl methyl sites for hydroxylation is 1. The molecule has 2 heterocycles. The smallest absolute Gasteiger partial charge is 0.253 e. The third-order valence-corrected chi connectivity index (χ3v) is 6.31. The number of amides is 1. The van der Waals surface area contributed by atoms with Crippen LogP contribution in [0.1, 0.15) is 27.5 Å². The van der Waals surface area contributed by atoms with Crippen molar-refractivity contribution in [3.05, 3.63) is 95.6 Å². The molecule has 174 valence electrons. The van der Waals surface area contributed by atoms with Gasteiger partial charge in [0.1, 0.15) is 6.04 Å². The van der Waals surface area contributed by atoms with Crippen LogP contribution in [0.15, 0.2) is 83.3 Å². The van der Waals surface area contributed by atoms with Gasteiger partial charge in [0, 0.05) is 42.9 Å². The van der Waals surface area contributed by atoms with Gasteiger partial charge in [-0.3, -0.25) is 9.69 Å². The first-order valence-electron chi connectivity index (χ1n) is 11.6. The molecule has 0 spiro atoms. The molecule has 0 aliphatic carbocycles.